The molecule has 1 aromatic rings. The quantitative estimate of drug-likeness (QED) is 0.666. The number of nitrogens with one attached hydrogen (secondary N) is 1. The van der Waals surface area contributed by atoms with Crippen LogP contribution in [0.15, 0.2) is 12.1 Å². The van der Waals surface area contributed by atoms with Crippen LogP contribution in [-0.4, -0.2) is 35.5 Å². The van der Waals surface area contributed by atoms with Crippen molar-refractivity contribution in [1.29, 1.82) is 0 Å². The van der Waals surface area contributed by atoms with E-state index in [0.717, 1.165) is 43.6 Å². The Hall–Kier alpha value is -1.62. The molecule has 0 aliphatic carbocycles. The van der Waals surface area contributed by atoms with Crippen molar-refractivity contribution in [3.63, 3.8) is 0 Å². The second kappa shape index (κ2) is 6.89. The third-order valence-electron chi connectivity index (χ3n) is 4.30. The molecule has 1 heterocycles. The number of aryl methyl sites for hydroxylation is 2. The predicted molar refractivity (Wildman–Crippen MR) is 85.9 cm³/mol. The SMILES string of the molecule is CCCN1CCC(Nc2cc(C)c(C)cc2[N+](=O)[O-])CC1. The van der Waals surface area contributed by atoms with Crippen molar-refractivity contribution in [2.45, 2.75) is 46.1 Å². The fraction of sp³-hybridized carbons (Fsp3) is 0.625. The van der Waals surface area contributed by atoms with Crippen LogP contribution in [0, 0.1) is 24.0 Å². The summed E-state index contributed by atoms with van der Waals surface area (Å²) in [5.41, 5.74) is 2.91. The molecule has 1 aromatic carbocycles. The van der Waals surface area contributed by atoms with Crippen molar-refractivity contribution < 1.29 is 4.92 Å². The fourth-order valence-electron chi connectivity index (χ4n) is 2.90. The summed E-state index contributed by atoms with van der Waals surface area (Å²) in [7, 11) is 0. The van der Waals surface area contributed by atoms with Crippen LogP contribution >= 0.6 is 0 Å². The van der Waals surface area contributed by atoms with E-state index in [9.17, 15) is 10.1 Å². The van der Waals surface area contributed by atoms with Crippen LogP contribution in [0.25, 0.3) is 0 Å². The second-order valence-corrected chi connectivity index (χ2v) is 5.97. The highest BCUT2D eigenvalue weighted by atomic mass is 16.6. The van der Waals surface area contributed by atoms with Gasteiger partial charge >= 0.3 is 0 Å². The highest BCUT2D eigenvalue weighted by Crippen LogP contribution is 2.29. The first-order chi connectivity index (χ1) is 10.0. The van der Waals surface area contributed by atoms with Crippen molar-refractivity contribution in [1.82, 2.24) is 4.90 Å². The lowest BCUT2D eigenvalue weighted by Crippen LogP contribution is -2.39. The molecule has 5 nitrogen and oxygen atoms in total. The second-order valence-electron chi connectivity index (χ2n) is 5.97. The van der Waals surface area contributed by atoms with E-state index in [0.29, 0.717) is 11.7 Å². The van der Waals surface area contributed by atoms with Crippen molar-refractivity contribution in [2.24, 2.45) is 0 Å². The lowest BCUT2D eigenvalue weighted by molar-refractivity contribution is -0.384. The average Bonchev–Trinajstić information content (AvgIpc) is 2.44. The molecule has 21 heavy (non-hydrogen) atoms. The summed E-state index contributed by atoms with van der Waals surface area (Å²) in [5, 5.41) is 14.6. The number of hydrogen-bond donors (Lipinski definition) is 1. The number of nitro groups is 1. The molecule has 5 heteroatoms. The number of nitrogens with zero attached hydrogens (tertiary/aromatic N) is 2. The van der Waals surface area contributed by atoms with Crippen molar-refractivity contribution in [2.75, 3.05) is 25.0 Å². The number of hydrogen-bond acceptors (Lipinski definition) is 4. The number of likely N-dealkylation sites (tertiary alicyclic amines) is 1. The molecule has 0 unspecified atom stereocenters. The van der Waals surface area contributed by atoms with E-state index in [1.807, 2.05) is 19.9 Å². The van der Waals surface area contributed by atoms with Gasteiger partial charge in [0.2, 0.25) is 0 Å². The highest BCUT2D eigenvalue weighted by Gasteiger charge is 2.22. The van der Waals surface area contributed by atoms with Gasteiger partial charge in [-0.15, -0.1) is 0 Å². The van der Waals surface area contributed by atoms with Crippen molar-refractivity contribution in [3.05, 3.63) is 33.4 Å². The summed E-state index contributed by atoms with van der Waals surface area (Å²) >= 11 is 0. The Balaban J connectivity index is 2.06. The topological polar surface area (TPSA) is 58.4 Å². The van der Waals surface area contributed by atoms with Crippen molar-refractivity contribution >= 4 is 11.4 Å². The van der Waals surface area contributed by atoms with Gasteiger partial charge < -0.3 is 10.2 Å². The lowest BCUT2D eigenvalue weighted by Gasteiger charge is -2.32. The Labute approximate surface area is 126 Å². The molecule has 1 N–H and O–H groups in total. The number of benzene rings is 1. The molecule has 0 spiro atoms. The average molecular weight is 291 g/mol. The summed E-state index contributed by atoms with van der Waals surface area (Å²) in [6.07, 6.45) is 3.27. The molecule has 0 atom stereocenters. The highest BCUT2D eigenvalue weighted by molar-refractivity contribution is 5.65. The maximum Gasteiger partial charge on any atom is 0.292 e. The molecule has 116 valence electrons. The van der Waals surface area contributed by atoms with Crippen LogP contribution < -0.4 is 5.32 Å². The molecular weight excluding hydrogens is 266 g/mol. The maximum atomic E-state index is 11.2. The van der Waals surface area contributed by atoms with Crippen LogP contribution in [0.2, 0.25) is 0 Å². The Morgan fingerprint density at radius 1 is 1.29 bits per heavy atom. The third kappa shape index (κ3) is 3.94. The lowest BCUT2D eigenvalue weighted by atomic mass is 10.0. The number of rotatable bonds is 5. The molecule has 0 amide bonds. The largest absolute Gasteiger partial charge is 0.377 e. The smallest absolute Gasteiger partial charge is 0.292 e. The first-order valence-electron chi connectivity index (χ1n) is 7.75. The zero-order valence-electron chi connectivity index (χ0n) is 13.2. The van der Waals surface area contributed by atoms with E-state index in [1.54, 1.807) is 6.07 Å². The van der Waals surface area contributed by atoms with Gasteiger partial charge in [-0.3, -0.25) is 10.1 Å². The molecule has 1 fully saturated rings. The van der Waals surface area contributed by atoms with Gasteiger partial charge in [0.05, 0.1) is 4.92 Å². The van der Waals surface area contributed by atoms with Gasteiger partial charge in [-0.2, -0.15) is 0 Å². The van der Waals surface area contributed by atoms with Crippen LogP contribution in [0.5, 0.6) is 0 Å². The van der Waals surface area contributed by atoms with E-state index in [2.05, 4.69) is 17.1 Å². The Kier molecular flexibility index (Phi) is 5.17. The maximum absolute atomic E-state index is 11.2. The molecule has 1 aliphatic heterocycles. The monoisotopic (exact) mass is 291 g/mol. The normalized spacial score (nSPS) is 16.9. The summed E-state index contributed by atoms with van der Waals surface area (Å²) < 4.78 is 0. The van der Waals surface area contributed by atoms with Gasteiger partial charge in [-0.1, -0.05) is 6.92 Å². The Morgan fingerprint density at radius 3 is 2.48 bits per heavy atom. The van der Waals surface area contributed by atoms with Gasteiger partial charge in [0.15, 0.2) is 0 Å². The molecular formula is C16H25N3O2. The van der Waals surface area contributed by atoms with Gasteiger partial charge in [-0.25, -0.2) is 0 Å². The van der Waals surface area contributed by atoms with Gasteiger partial charge in [0.1, 0.15) is 5.69 Å². The van der Waals surface area contributed by atoms with Gasteiger partial charge in [0.25, 0.3) is 5.69 Å². The molecule has 0 radical (unpaired) electrons. The number of nitro benzene ring substituents is 1. The number of anilines is 1. The van der Waals surface area contributed by atoms with Crippen LogP contribution in [0.4, 0.5) is 11.4 Å². The zero-order valence-corrected chi connectivity index (χ0v) is 13.2. The molecule has 0 saturated carbocycles. The summed E-state index contributed by atoms with van der Waals surface area (Å²) in [6.45, 7) is 9.40. The standard InChI is InChI=1S/C16H25N3O2/c1-4-7-18-8-5-14(6-9-18)17-15-10-12(2)13(3)11-16(15)19(20)21/h10-11,14,17H,4-9H2,1-3H3. The van der Waals surface area contributed by atoms with Gasteiger partial charge in [-0.05, 0) is 56.8 Å². The van der Waals surface area contributed by atoms with Crippen molar-refractivity contribution in [3.8, 4) is 0 Å². The minimum absolute atomic E-state index is 0.189. The van der Waals surface area contributed by atoms with Gasteiger partial charge in [0, 0.05) is 25.2 Å². The van der Waals surface area contributed by atoms with E-state index in [4.69, 9.17) is 0 Å². The molecule has 0 bridgehead atoms. The van der Waals surface area contributed by atoms with E-state index < -0.39 is 0 Å². The van der Waals surface area contributed by atoms with Crippen LogP contribution in [0.1, 0.15) is 37.3 Å². The van der Waals surface area contributed by atoms with Crippen LogP contribution in [0.3, 0.4) is 0 Å². The first-order valence-corrected chi connectivity index (χ1v) is 7.75. The Bertz CT molecular complexity index is 508. The Morgan fingerprint density at radius 2 is 1.90 bits per heavy atom. The first kappa shape index (κ1) is 15.8. The van der Waals surface area contributed by atoms with E-state index in [1.165, 1.54) is 6.42 Å². The molecule has 1 saturated heterocycles. The zero-order chi connectivity index (χ0) is 15.4. The summed E-state index contributed by atoms with van der Waals surface area (Å²) in [5.74, 6) is 0. The third-order valence-corrected chi connectivity index (χ3v) is 4.30. The molecule has 2 rings (SSSR count). The van der Waals surface area contributed by atoms with E-state index >= 15 is 0 Å². The van der Waals surface area contributed by atoms with Crippen LogP contribution in [-0.2, 0) is 0 Å². The summed E-state index contributed by atoms with van der Waals surface area (Å²) in [6, 6.07) is 3.91. The summed E-state index contributed by atoms with van der Waals surface area (Å²) in [4.78, 5) is 13.4. The minimum Gasteiger partial charge on any atom is -0.377 e. The molecule has 1 aliphatic rings. The van der Waals surface area contributed by atoms with E-state index in [-0.39, 0.29) is 10.6 Å². The molecule has 0 aromatic heterocycles. The predicted octanol–water partition coefficient (Wildman–Crippen LogP) is 3.50. The fourth-order valence-corrected chi connectivity index (χ4v) is 2.90. The minimum atomic E-state index is -0.291. The number of piperidine rings is 1.